The van der Waals surface area contributed by atoms with Gasteiger partial charge >= 0.3 is 18.4 Å². The van der Waals surface area contributed by atoms with E-state index in [-0.39, 0.29) is 4.90 Å². The first-order chi connectivity index (χ1) is 8.96. The van der Waals surface area contributed by atoms with E-state index < -0.39 is 18.4 Å². The molecule has 0 amide bonds. The minimum Gasteiger partial charge on any atom is -0.191 e. The van der Waals surface area contributed by atoms with Crippen LogP contribution in [0.3, 0.4) is 0 Å². The minimum absolute atomic E-state index is 0.0319. The molecule has 0 aliphatic carbocycles. The summed E-state index contributed by atoms with van der Waals surface area (Å²) in [6, 6.07) is 5.11. The second-order valence-electron chi connectivity index (χ2n) is 3.30. The van der Waals surface area contributed by atoms with Crippen LogP contribution in [0.25, 0.3) is 0 Å². The third kappa shape index (κ3) is 4.24. The number of rotatable bonds is 7. The summed E-state index contributed by atoms with van der Waals surface area (Å²) in [4.78, 5) is 0.570. The summed E-state index contributed by atoms with van der Waals surface area (Å²) in [5.74, 6) is 0. The SMILES string of the molecule is CCc1cccc(SC)c1S(=O)(=O)OO[P+](=O)OC. The summed E-state index contributed by atoms with van der Waals surface area (Å²) < 4.78 is 47.8. The van der Waals surface area contributed by atoms with Crippen LogP contribution in [0.5, 0.6) is 0 Å². The molecule has 0 N–H and O–H groups in total. The molecule has 0 aliphatic heterocycles. The van der Waals surface area contributed by atoms with Crippen molar-refractivity contribution < 1.29 is 26.5 Å². The highest BCUT2D eigenvalue weighted by atomic mass is 32.2. The van der Waals surface area contributed by atoms with Crippen molar-refractivity contribution in [2.45, 2.75) is 23.1 Å². The van der Waals surface area contributed by atoms with Gasteiger partial charge in [-0.05, 0) is 24.3 Å². The maximum atomic E-state index is 12.1. The molecule has 0 radical (unpaired) electrons. The van der Waals surface area contributed by atoms with Crippen molar-refractivity contribution >= 4 is 30.1 Å². The van der Waals surface area contributed by atoms with Crippen molar-refractivity contribution in [1.29, 1.82) is 0 Å². The standard InChI is InChI=1S/C10H14O6PS2/c1-4-8-6-5-7-9(18-3)10(8)19(12,13)16-15-17(11)14-2/h5-7H,4H2,1-3H3/q+1. The zero-order valence-corrected chi connectivity index (χ0v) is 13.2. The maximum Gasteiger partial charge on any atom is 0.729 e. The molecule has 106 valence electrons. The normalized spacial score (nSPS) is 12.5. The van der Waals surface area contributed by atoms with Gasteiger partial charge in [0.15, 0.2) is 0 Å². The molecule has 6 nitrogen and oxygen atoms in total. The fourth-order valence-electron chi connectivity index (χ4n) is 1.41. The molecule has 1 aromatic carbocycles. The highest BCUT2D eigenvalue weighted by molar-refractivity contribution is 7.99. The second kappa shape index (κ2) is 7.33. The molecule has 1 aromatic rings. The number of aryl methyl sites for hydroxylation is 1. The molecule has 0 saturated carbocycles. The van der Waals surface area contributed by atoms with Crippen molar-refractivity contribution in [3.8, 4) is 0 Å². The number of benzene rings is 1. The fourth-order valence-corrected chi connectivity index (χ4v) is 4.00. The average Bonchev–Trinajstić information content (AvgIpc) is 2.43. The summed E-state index contributed by atoms with van der Waals surface area (Å²) in [6.07, 6.45) is 2.27. The van der Waals surface area contributed by atoms with E-state index in [0.29, 0.717) is 16.9 Å². The first-order valence-electron chi connectivity index (χ1n) is 5.24. The van der Waals surface area contributed by atoms with Gasteiger partial charge in [0, 0.05) is 9.46 Å². The van der Waals surface area contributed by atoms with Gasteiger partial charge in [0.25, 0.3) is 0 Å². The molecule has 0 fully saturated rings. The molecule has 0 bridgehead atoms. The maximum absolute atomic E-state index is 12.1. The van der Waals surface area contributed by atoms with Crippen LogP contribution < -0.4 is 0 Å². The lowest BCUT2D eigenvalue weighted by Gasteiger charge is -2.10. The van der Waals surface area contributed by atoms with Gasteiger partial charge in [0.2, 0.25) is 0 Å². The third-order valence-electron chi connectivity index (χ3n) is 2.24. The molecule has 1 unspecified atom stereocenters. The third-order valence-corrected chi connectivity index (χ3v) is 4.97. The Morgan fingerprint density at radius 1 is 1.37 bits per heavy atom. The van der Waals surface area contributed by atoms with Crippen LogP contribution in [0.15, 0.2) is 28.0 Å². The Bertz CT molecular complexity index is 535. The van der Waals surface area contributed by atoms with Crippen molar-refractivity contribution in [2.75, 3.05) is 13.4 Å². The smallest absolute Gasteiger partial charge is 0.191 e. The summed E-state index contributed by atoms with van der Waals surface area (Å²) in [6.45, 7) is 1.83. The summed E-state index contributed by atoms with van der Waals surface area (Å²) in [5, 5.41) is 0. The van der Waals surface area contributed by atoms with Crippen LogP contribution in [-0.4, -0.2) is 21.8 Å². The molecule has 1 atom stereocenters. The van der Waals surface area contributed by atoms with Crippen LogP contribution in [0, 0.1) is 0 Å². The number of hydrogen-bond acceptors (Lipinski definition) is 7. The topological polar surface area (TPSA) is 78.9 Å². The zero-order chi connectivity index (χ0) is 14.5. The molecule has 9 heteroatoms. The lowest BCUT2D eigenvalue weighted by Crippen LogP contribution is -2.09. The van der Waals surface area contributed by atoms with Crippen molar-refractivity contribution in [3.05, 3.63) is 23.8 Å². The Balaban J connectivity index is 3.16. The zero-order valence-electron chi connectivity index (χ0n) is 10.7. The second-order valence-corrected chi connectivity index (χ2v) is 6.57. The van der Waals surface area contributed by atoms with E-state index in [0.717, 1.165) is 7.11 Å². The van der Waals surface area contributed by atoms with Gasteiger partial charge in [-0.2, -0.15) is 8.42 Å². The van der Waals surface area contributed by atoms with Gasteiger partial charge in [-0.25, -0.2) is 0 Å². The molecule has 19 heavy (non-hydrogen) atoms. The Morgan fingerprint density at radius 3 is 2.58 bits per heavy atom. The largest absolute Gasteiger partial charge is 0.729 e. The molecule has 0 saturated heterocycles. The fraction of sp³-hybridized carbons (Fsp3) is 0.400. The number of thioether (sulfide) groups is 1. The lowest BCUT2D eigenvalue weighted by molar-refractivity contribution is -0.0964. The van der Waals surface area contributed by atoms with Gasteiger partial charge in [-0.1, -0.05) is 23.4 Å². The Kier molecular flexibility index (Phi) is 6.38. The Morgan fingerprint density at radius 2 is 2.05 bits per heavy atom. The van der Waals surface area contributed by atoms with E-state index in [9.17, 15) is 13.0 Å². The Labute approximate surface area is 117 Å². The van der Waals surface area contributed by atoms with Crippen molar-refractivity contribution in [1.82, 2.24) is 0 Å². The molecule has 1 rings (SSSR count). The quantitative estimate of drug-likeness (QED) is 0.330. The molecule has 0 aliphatic rings. The van der Waals surface area contributed by atoms with E-state index >= 15 is 0 Å². The summed E-state index contributed by atoms with van der Waals surface area (Å²) in [7, 11) is -5.66. The lowest BCUT2D eigenvalue weighted by atomic mass is 10.2. The van der Waals surface area contributed by atoms with Crippen LogP contribution >= 0.6 is 20.0 Å². The van der Waals surface area contributed by atoms with E-state index in [1.807, 2.05) is 6.92 Å². The summed E-state index contributed by atoms with van der Waals surface area (Å²) >= 11 is 1.27. The van der Waals surface area contributed by atoms with Gasteiger partial charge in [-0.3, -0.25) is 0 Å². The highest BCUT2D eigenvalue weighted by Crippen LogP contribution is 2.32. The minimum atomic E-state index is -4.16. The number of hydrogen-bond donors (Lipinski definition) is 0. The first kappa shape index (κ1) is 16.6. The van der Waals surface area contributed by atoms with Gasteiger partial charge < -0.3 is 0 Å². The van der Waals surface area contributed by atoms with Crippen LogP contribution in [0.2, 0.25) is 0 Å². The van der Waals surface area contributed by atoms with Crippen molar-refractivity contribution in [3.63, 3.8) is 0 Å². The Hall–Kier alpha value is -0.500. The van der Waals surface area contributed by atoms with Gasteiger partial charge in [0.05, 0.1) is 11.8 Å². The van der Waals surface area contributed by atoms with Crippen molar-refractivity contribution in [2.24, 2.45) is 0 Å². The molecular weight excluding hydrogens is 311 g/mol. The first-order valence-corrected chi connectivity index (χ1v) is 8.97. The highest BCUT2D eigenvalue weighted by Gasteiger charge is 2.30. The monoisotopic (exact) mass is 325 g/mol. The van der Waals surface area contributed by atoms with Crippen LogP contribution in [-0.2, 0) is 34.6 Å². The van der Waals surface area contributed by atoms with E-state index in [1.165, 1.54) is 11.8 Å². The predicted octanol–water partition coefficient (Wildman–Crippen LogP) is 2.91. The van der Waals surface area contributed by atoms with Crippen LogP contribution in [0.4, 0.5) is 0 Å². The predicted molar refractivity (Wildman–Crippen MR) is 71.6 cm³/mol. The van der Waals surface area contributed by atoms with Crippen LogP contribution in [0.1, 0.15) is 12.5 Å². The molecular formula is C10H14O6PS2+. The molecule has 0 aromatic heterocycles. The van der Waals surface area contributed by atoms with E-state index in [1.54, 1.807) is 24.5 Å². The van der Waals surface area contributed by atoms with Gasteiger partial charge in [-0.15, -0.1) is 16.3 Å². The molecule has 0 spiro atoms. The van der Waals surface area contributed by atoms with Gasteiger partial charge in [0.1, 0.15) is 4.90 Å². The molecule has 0 heterocycles. The average molecular weight is 325 g/mol. The summed E-state index contributed by atoms with van der Waals surface area (Å²) in [5.41, 5.74) is 0.600. The van der Waals surface area contributed by atoms with E-state index in [4.69, 9.17) is 0 Å². The van der Waals surface area contributed by atoms with E-state index in [2.05, 4.69) is 13.5 Å².